The summed E-state index contributed by atoms with van der Waals surface area (Å²) in [5.41, 5.74) is -1.05. The zero-order valence-corrected chi connectivity index (χ0v) is 15.7. The Morgan fingerprint density at radius 3 is 2.53 bits per heavy atom. The van der Waals surface area contributed by atoms with E-state index in [1.807, 2.05) is 0 Å². The minimum Gasteiger partial charge on any atom is -0.478 e. The third kappa shape index (κ3) is 4.94. The summed E-state index contributed by atoms with van der Waals surface area (Å²) >= 11 is 0. The number of fused-ring (bicyclic) bond motifs is 1. The topological polar surface area (TPSA) is 124 Å². The monoisotopic (exact) mass is 456 g/mol. The van der Waals surface area contributed by atoms with Gasteiger partial charge in [0.1, 0.15) is 23.6 Å². The first kappa shape index (κ1) is 22.5. The molecule has 1 aliphatic rings. The van der Waals surface area contributed by atoms with Gasteiger partial charge in [-0.3, -0.25) is 4.79 Å². The lowest BCUT2D eigenvalue weighted by atomic mass is 9.96. The second-order valence-corrected chi connectivity index (χ2v) is 6.01. The molecule has 1 aliphatic heterocycles. The summed E-state index contributed by atoms with van der Waals surface area (Å²) in [6.45, 7) is -7.34. The molecule has 3 rings (SSSR count). The van der Waals surface area contributed by atoms with Gasteiger partial charge in [0.2, 0.25) is 5.91 Å². The van der Waals surface area contributed by atoms with E-state index in [9.17, 15) is 31.9 Å². The normalized spacial score (nSPS) is 14.2. The van der Waals surface area contributed by atoms with Crippen LogP contribution in [0.4, 0.5) is 23.4 Å². The highest BCUT2D eigenvalue weighted by Gasteiger charge is 2.32. The van der Waals surface area contributed by atoms with Crippen molar-refractivity contribution in [3.63, 3.8) is 0 Å². The predicted molar refractivity (Wildman–Crippen MR) is 97.8 cm³/mol. The standard InChI is InChI=1S/C19H12F4N2O7/c20-18(21)31-11-4-3-9-8(7-30-17(29)13(9)14(11)32-19(22)23)6-12(26)25-15-10(16(27)28)2-1-5-24-15/h1-6,18-19H,7H2,(H,27,28)(H,24,25,26)/b8-6+. The van der Waals surface area contributed by atoms with E-state index in [4.69, 9.17) is 9.84 Å². The van der Waals surface area contributed by atoms with Crippen LogP contribution in [0.3, 0.4) is 0 Å². The number of alkyl halides is 4. The molecule has 0 fully saturated rings. The third-order valence-corrected chi connectivity index (χ3v) is 4.04. The van der Waals surface area contributed by atoms with Gasteiger partial charge in [0.05, 0.1) is 0 Å². The Kier molecular flexibility index (Phi) is 6.56. The lowest BCUT2D eigenvalue weighted by Crippen LogP contribution is -2.22. The number of nitrogens with zero attached hydrogens (tertiary/aromatic N) is 1. The number of carbonyl (C=O) groups excluding carboxylic acids is 2. The summed E-state index contributed by atoms with van der Waals surface area (Å²) in [6, 6.07) is 4.51. The molecule has 0 bridgehead atoms. The second kappa shape index (κ2) is 9.32. The van der Waals surface area contributed by atoms with Crippen LogP contribution in [0.2, 0.25) is 0 Å². The molecule has 168 valence electrons. The van der Waals surface area contributed by atoms with Gasteiger partial charge < -0.3 is 24.6 Å². The molecule has 2 N–H and O–H groups in total. The summed E-state index contributed by atoms with van der Waals surface area (Å²) in [7, 11) is 0. The van der Waals surface area contributed by atoms with Crippen molar-refractivity contribution in [1.29, 1.82) is 0 Å². The lowest BCUT2D eigenvalue weighted by molar-refractivity contribution is -0.111. The first-order chi connectivity index (χ1) is 15.2. The van der Waals surface area contributed by atoms with Gasteiger partial charge in [-0.15, -0.1) is 0 Å². The average molecular weight is 456 g/mol. The van der Waals surface area contributed by atoms with E-state index in [2.05, 4.69) is 19.8 Å². The molecule has 0 unspecified atom stereocenters. The SMILES string of the molecule is O=C(/C=C1\COC(=O)c2c1ccc(OC(F)F)c2OC(F)F)Nc1ncccc1C(=O)O. The number of amides is 1. The number of aromatic carboxylic acids is 1. The molecule has 32 heavy (non-hydrogen) atoms. The van der Waals surface area contributed by atoms with Crippen LogP contribution < -0.4 is 14.8 Å². The van der Waals surface area contributed by atoms with Crippen molar-refractivity contribution in [2.45, 2.75) is 13.2 Å². The molecule has 1 aromatic carbocycles. The highest BCUT2D eigenvalue weighted by Crippen LogP contribution is 2.41. The van der Waals surface area contributed by atoms with Crippen LogP contribution in [-0.4, -0.2) is 47.8 Å². The number of rotatable bonds is 7. The number of aromatic nitrogens is 1. The van der Waals surface area contributed by atoms with Crippen molar-refractivity contribution in [2.24, 2.45) is 0 Å². The number of benzene rings is 1. The number of ether oxygens (including phenoxy) is 3. The number of hydrogen-bond donors (Lipinski definition) is 2. The summed E-state index contributed by atoms with van der Waals surface area (Å²) in [6.07, 6.45) is 2.15. The number of carboxylic acids is 1. The largest absolute Gasteiger partial charge is 0.478 e. The zero-order valence-electron chi connectivity index (χ0n) is 15.7. The molecule has 0 spiro atoms. The van der Waals surface area contributed by atoms with Gasteiger partial charge in [0.25, 0.3) is 0 Å². The fourth-order valence-corrected chi connectivity index (χ4v) is 2.83. The van der Waals surface area contributed by atoms with Crippen LogP contribution in [0, 0.1) is 0 Å². The molecule has 0 aliphatic carbocycles. The number of pyridine rings is 1. The van der Waals surface area contributed by atoms with Crippen LogP contribution in [0.1, 0.15) is 26.3 Å². The molecule has 2 heterocycles. The smallest absolute Gasteiger partial charge is 0.387 e. The molecule has 0 atom stereocenters. The van der Waals surface area contributed by atoms with Crippen LogP contribution in [0.5, 0.6) is 11.5 Å². The first-order valence-electron chi connectivity index (χ1n) is 8.61. The molecule has 0 radical (unpaired) electrons. The Morgan fingerprint density at radius 1 is 1.16 bits per heavy atom. The molecule has 1 amide bonds. The Hall–Kier alpha value is -4.16. The molecule has 1 aromatic heterocycles. The van der Waals surface area contributed by atoms with E-state index in [0.717, 1.165) is 18.2 Å². The minimum absolute atomic E-state index is 0.00683. The van der Waals surface area contributed by atoms with Gasteiger partial charge in [-0.2, -0.15) is 17.6 Å². The van der Waals surface area contributed by atoms with Crippen LogP contribution in [0.15, 0.2) is 36.5 Å². The average Bonchev–Trinajstić information content (AvgIpc) is 2.71. The van der Waals surface area contributed by atoms with E-state index in [1.54, 1.807) is 0 Å². The van der Waals surface area contributed by atoms with Gasteiger partial charge in [0.15, 0.2) is 11.5 Å². The molecule has 0 saturated carbocycles. The molecular formula is C19H12F4N2O7. The summed E-state index contributed by atoms with van der Waals surface area (Å²) < 4.78 is 64.1. The van der Waals surface area contributed by atoms with E-state index >= 15 is 0 Å². The number of esters is 1. The molecule has 0 saturated heterocycles. The number of anilines is 1. The minimum atomic E-state index is -3.48. The van der Waals surface area contributed by atoms with Crippen LogP contribution in [-0.2, 0) is 9.53 Å². The zero-order chi connectivity index (χ0) is 23.4. The van der Waals surface area contributed by atoms with Crippen molar-refractivity contribution < 1.29 is 51.3 Å². The number of cyclic esters (lactones) is 1. The van der Waals surface area contributed by atoms with Crippen LogP contribution >= 0.6 is 0 Å². The number of halogens is 4. The summed E-state index contributed by atoms with van der Waals surface area (Å²) in [5.74, 6) is -5.47. The Morgan fingerprint density at radius 2 is 1.88 bits per heavy atom. The van der Waals surface area contributed by atoms with Crippen LogP contribution in [0.25, 0.3) is 5.57 Å². The highest BCUT2D eigenvalue weighted by atomic mass is 19.3. The maximum Gasteiger partial charge on any atom is 0.387 e. The maximum absolute atomic E-state index is 12.8. The second-order valence-electron chi connectivity index (χ2n) is 6.01. The predicted octanol–water partition coefficient (Wildman–Crippen LogP) is 3.18. The van der Waals surface area contributed by atoms with Gasteiger partial charge in [-0.25, -0.2) is 14.6 Å². The van der Waals surface area contributed by atoms with Gasteiger partial charge in [0, 0.05) is 17.8 Å². The number of nitrogens with one attached hydrogen (secondary N) is 1. The Balaban J connectivity index is 2.00. The van der Waals surface area contributed by atoms with E-state index < -0.39 is 54.7 Å². The molecule has 2 aromatic rings. The maximum atomic E-state index is 12.8. The number of carboxylic acid groups (broad SMARTS) is 1. The van der Waals surface area contributed by atoms with Crippen molar-refractivity contribution in [2.75, 3.05) is 11.9 Å². The lowest BCUT2D eigenvalue weighted by Gasteiger charge is -2.23. The van der Waals surface area contributed by atoms with Crippen molar-refractivity contribution in [3.05, 3.63) is 53.2 Å². The van der Waals surface area contributed by atoms with Crippen molar-refractivity contribution in [1.82, 2.24) is 4.98 Å². The van der Waals surface area contributed by atoms with Crippen molar-refractivity contribution >= 4 is 29.2 Å². The molecular weight excluding hydrogens is 444 g/mol. The Bertz CT molecular complexity index is 1110. The fourth-order valence-electron chi connectivity index (χ4n) is 2.83. The van der Waals surface area contributed by atoms with E-state index in [-0.39, 0.29) is 22.5 Å². The third-order valence-electron chi connectivity index (χ3n) is 4.04. The van der Waals surface area contributed by atoms with E-state index in [1.165, 1.54) is 18.3 Å². The first-order valence-corrected chi connectivity index (χ1v) is 8.61. The van der Waals surface area contributed by atoms with Crippen molar-refractivity contribution in [3.8, 4) is 11.5 Å². The van der Waals surface area contributed by atoms with E-state index in [0.29, 0.717) is 0 Å². The fraction of sp³-hybridized carbons (Fsp3) is 0.158. The van der Waals surface area contributed by atoms with Gasteiger partial charge in [-0.05, 0) is 29.8 Å². The molecule has 13 heteroatoms. The van der Waals surface area contributed by atoms with Gasteiger partial charge in [-0.1, -0.05) is 0 Å². The summed E-state index contributed by atoms with van der Waals surface area (Å²) in [5, 5.41) is 11.4. The number of carbonyl (C=O) groups is 3. The Labute approximate surface area is 176 Å². The quantitative estimate of drug-likeness (QED) is 0.370. The number of hydrogen-bond acceptors (Lipinski definition) is 7. The highest BCUT2D eigenvalue weighted by molar-refractivity contribution is 6.09. The summed E-state index contributed by atoms with van der Waals surface area (Å²) in [4.78, 5) is 39.5. The van der Waals surface area contributed by atoms with Gasteiger partial charge >= 0.3 is 25.2 Å². The molecule has 9 nitrogen and oxygen atoms in total.